The lowest BCUT2D eigenvalue weighted by atomic mass is 10.0. The lowest BCUT2D eigenvalue weighted by molar-refractivity contribution is 0.102. The number of amides is 1. The summed E-state index contributed by atoms with van der Waals surface area (Å²) in [4.78, 5) is 13.3. The van der Waals surface area contributed by atoms with Crippen LogP contribution >= 0.6 is 0 Å². The highest BCUT2D eigenvalue weighted by Gasteiger charge is 2.20. The Balaban J connectivity index is 1.78. The largest absolute Gasteiger partial charge is 0.322 e. The maximum atomic E-state index is 13.3. The molecule has 0 unspecified atom stereocenters. The van der Waals surface area contributed by atoms with Crippen LogP contribution in [0.25, 0.3) is 16.9 Å². The number of hydrogen-bond acceptors (Lipinski definition) is 4. The van der Waals surface area contributed by atoms with E-state index >= 15 is 0 Å². The first-order chi connectivity index (χ1) is 15.6. The fourth-order valence-electron chi connectivity index (χ4n) is 3.54. The molecule has 0 aliphatic heterocycles. The van der Waals surface area contributed by atoms with Crippen LogP contribution in [0.2, 0.25) is 0 Å². The highest BCUT2D eigenvalue weighted by atomic mass is 32.2. The van der Waals surface area contributed by atoms with E-state index in [1.54, 1.807) is 29.9 Å². The molecule has 0 saturated carbocycles. The number of para-hydroxylation sites is 1. The molecule has 0 bridgehead atoms. The minimum absolute atomic E-state index is 0.0327. The second-order valence-corrected chi connectivity index (χ2v) is 9.48. The van der Waals surface area contributed by atoms with Crippen LogP contribution in [0.1, 0.15) is 27.0 Å². The quantitative estimate of drug-likeness (QED) is 0.461. The Kier molecular flexibility index (Phi) is 5.88. The van der Waals surface area contributed by atoms with Crippen molar-refractivity contribution in [3.63, 3.8) is 0 Å². The van der Waals surface area contributed by atoms with Crippen LogP contribution in [0.4, 0.5) is 5.69 Å². The molecule has 1 amide bonds. The van der Waals surface area contributed by atoms with Gasteiger partial charge in [0.15, 0.2) is 0 Å². The number of aromatic nitrogens is 2. The number of hydrogen-bond donors (Lipinski definition) is 2. The summed E-state index contributed by atoms with van der Waals surface area (Å²) in [6.45, 7) is 5.68. The molecule has 0 fully saturated rings. The molecule has 168 valence electrons. The van der Waals surface area contributed by atoms with Crippen LogP contribution in [0.5, 0.6) is 0 Å². The molecule has 1 aromatic heterocycles. The third-order valence-electron chi connectivity index (χ3n) is 5.51. The Hall–Kier alpha value is -3.75. The highest BCUT2D eigenvalue weighted by Crippen LogP contribution is 2.27. The second kappa shape index (κ2) is 8.65. The van der Waals surface area contributed by atoms with Gasteiger partial charge in [0.05, 0.1) is 16.1 Å². The third-order valence-corrected chi connectivity index (χ3v) is 6.57. The molecule has 33 heavy (non-hydrogen) atoms. The average molecular weight is 461 g/mol. The molecule has 0 aliphatic carbocycles. The van der Waals surface area contributed by atoms with Gasteiger partial charge >= 0.3 is 0 Å². The SMILES string of the molecule is Cc1ccc(-c2nn(-c3ccccc3)cc2C(=O)Nc2ccc(C)c(S(N)(=O)=O)c2)cc1C. The Morgan fingerprint density at radius 3 is 2.27 bits per heavy atom. The summed E-state index contributed by atoms with van der Waals surface area (Å²) in [6.07, 6.45) is 1.67. The molecule has 3 aromatic carbocycles. The van der Waals surface area contributed by atoms with E-state index in [1.807, 2.05) is 62.4 Å². The number of carbonyl (C=O) groups excluding carboxylic acids is 1. The van der Waals surface area contributed by atoms with Crippen molar-refractivity contribution in [3.05, 3.63) is 95.2 Å². The van der Waals surface area contributed by atoms with Gasteiger partial charge in [0.2, 0.25) is 10.0 Å². The molecular weight excluding hydrogens is 436 g/mol. The van der Waals surface area contributed by atoms with Crippen molar-refractivity contribution in [2.24, 2.45) is 5.14 Å². The van der Waals surface area contributed by atoms with Crippen molar-refractivity contribution in [1.82, 2.24) is 9.78 Å². The molecular formula is C25H24N4O3S. The summed E-state index contributed by atoms with van der Waals surface area (Å²) in [7, 11) is -3.92. The number of benzene rings is 3. The molecule has 0 spiro atoms. The molecule has 7 nitrogen and oxygen atoms in total. The Labute approximate surface area is 192 Å². The van der Waals surface area contributed by atoms with Gasteiger partial charge in [-0.3, -0.25) is 4.79 Å². The van der Waals surface area contributed by atoms with Gasteiger partial charge in [-0.25, -0.2) is 18.2 Å². The van der Waals surface area contributed by atoms with E-state index in [0.29, 0.717) is 22.5 Å². The van der Waals surface area contributed by atoms with E-state index in [4.69, 9.17) is 10.2 Å². The van der Waals surface area contributed by atoms with Gasteiger partial charge in [-0.1, -0.05) is 36.4 Å². The van der Waals surface area contributed by atoms with Gasteiger partial charge in [0, 0.05) is 17.4 Å². The molecule has 0 radical (unpaired) electrons. The molecule has 8 heteroatoms. The molecule has 4 aromatic rings. The van der Waals surface area contributed by atoms with E-state index in [-0.39, 0.29) is 4.90 Å². The zero-order valence-electron chi connectivity index (χ0n) is 18.5. The lowest BCUT2D eigenvalue weighted by Gasteiger charge is -2.09. The van der Waals surface area contributed by atoms with E-state index in [1.165, 1.54) is 6.07 Å². The van der Waals surface area contributed by atoms with E-state index in [0.717, 1.165) is 22.4 Å². The number of nitrogens with two attached hydrogens (primary N) is 1. The number of rotatable bonds is 5. The van der Waals surface area contributed by atoms with E-state index in [9.17, 15) is 13.2 Å². The second-order valence-electron chi connectivity index (χ2n) is 7.95. The average Bonchev–Trinajstić information content (AvgIpc) is 3.22. The first-order valence-corrected chi connectivity index (χ1v) is 11.9. The van der Waals surface area contributed by atoms with Gasteiger partial charge in [0.1, 0.15) is 5.69 Å². The normalized spacial score (nSPS) is 11.4. The smallest absolute Gasteiger partial charge is 0.259 e. The van der Waals surface area contributed by atoms with Crippen molar-refractivity contribution in [2.45, 2.75) is 25.7 Å². The van der Waals surface area contributed by atoms with Gasteiger partial charge in [-0.05, 0) is 67.8 Å². The minimum Gasteiger partial charge on any atom is -0.322 e. The summed E-state index contributed by atoms with van der Waals surface area (Å²) in [6, 6.07) is 20.0. The first-order valence-electron chi connectivity index (χ1n) is 10.3. The summed E-state index contributed by atoms with van der Waals surface area (Å²) in [5, 5.41) is 12.8. The summed E-state index contributed by atoms with van der Waals surface area (Å²) < 4.78 is 25.4. The van der Waals surface area contributed by atoms with Crippen molar-refractivity contribution in [1.29, 1.82) is 0 Å². The number of nitrogens with one attached hydrogen (secondary N) is 1. The molecule has 0 atom stereocenters. The Morgan fingerprint density at radius 2 is 1.61 bits per heavy atom. The fraction of sp³-hybridized carbons (Fsp3) is 0.120. The third kappa shape index (κ3) is 4.72. The number of nitrogens with zero attached hydrogens (tertiary/aromatic N) is 2. The van der Waals surface area contributed by atoms with Gasteiger partial charge in [-0.15, -0.1) is 0 Å². The number of carbonyl (C=O) groups is 1. The number of sulfonamides is 1. The van der Waals surface area contributed by atoms with Crippen molar-refractivity contribution in [2.75, 3.05) is 5.32 Å². The van der Waals surface area contributed by atoms with Crippen LogP contribution in [-0.2, 0) is 10.0 Å². The Morgan fingerprint density at radius 1 is 0.909 bits per heavy atom. The Bertz CT molecular complexity index is 1460. The van der Waals surface area contributed by atoms with Crippen LogP contribution in [0.3, 0.4) is 0 Å². The predicted molar refractivity (Wildman–Crippen MR) is 129 cm³/mol. The van der Waals surface area contributed by atoms with E-state index < -0.39 is 15.9 Å². The highest BCUT2D eigenvalue weighted by molar-refractivity contribution is 7.89. The molecule has 1 heterocycles. The monoisotopic (exact) mass is 460 g/mol. The molecule has 3 N–H and O–H groups in total. The fourth-order valence-corrected chi connectivity index (χ4v) is 4.35. The lowest BCUT2D eigenvalue weighted by Crippen LogP contribution is -2.16. The summed E-state index contributed by atoms with van der Waals surface area (Å²) >= 11 is 0. The summed E-state index contributed by atoms with van der Waals surface area (Å²) in [5.41, 5.74) is 5.57. The minimum atomic E-state index is -3.92. The number of anilines is 1. The van der Waals surface area contributed by atoms with Gasteiger partial charge in [-0.2, -0.15) is 5.10 Å². The molecule has 4 rings (SSSR count). The summed E-state index contributed by atoms with van der Waals surface area (Å²) in [5.74, 6) is -0.408. The van der Waals surface area contributed by atoms with E-state index in [2.05, 4.69) is 5.32 Å². The van der Waals surface area contributed by atoms with Crippen molar-refractivity contribution >= 4 is 21.6 Å². The zero-order chi connectivity index (χ0) is 23.8. The van der Waals surface area contributed by atoms with Crippen LogP contribution in [0.15, 0.2) is 77.8 Å². The van der Waals surface area contributed by atoms with Gasteiger partial charge < -0.3 is 5.32 Å². The van der Waals surface area contributed by atoms with Crippen LogP contribution < -0.4 is 10.5 Å². The molecule has 0 saturated heterocycles. The van der Waals surface area contributed by atoms with Crippen LogP contribution in [-0.4, -0.2) is 24.1 Å². The van der Waals surface area contributed by atoms with Crippen molar-refractivity contribution in [3.8, 4) is 16.9 Å². The van der Waals surface area contributed by atoms with Gasteiger partial charge in [0.25, 0.3) is 5.91 Å². The van der Waals surface area contributed by atoms with Crippen molar-refractivity contribution < 1.29 is 13.2 Å². The standard InChI is InChI=1S/C25H24N4O3S/c1-16-9-11-19(13-18(16)3)24-22(15-29(28-24)21-7-5-4-6-8-21)25(30)27-20-12-10-17(2)23(14-20)33(26,31)32/h4-15H,1-3H3,(H,27,30)(H2,26,31,32). The number of aryl methyl sites for hydroxylation is 3. The zero-order valence-corrected chi connectivity index (χ0v) is 19.3. The van der Waals surface area contributed by atoms with Crippen LogP contribution in [0, 0.1) is 20.8 Å². The number of primary sulfonamides is 1. The molecule has 0 aliphatic rings. The maximum Gasteiger partial charge on any atom is 0.259 e. The first kappa shape index (κ1) is 22.4. The topological polar surface area (TPSA) is 107 Å². The maximum absolute atomic E-state index is 13.3. The predicted octanol–water partition coefficient (Wildman–Crippen LogP) is 4.36.